The summed E-state index contributed by atoms with van der Waals surface area (Å²) in [5, 5.41) is 8.52. The van der Waals surface area contributed by atoms with Crippen LogP contribution in [-0.4, -0.2) is 46.3 Å². The predicted octanol–water partition coefficient (Wildman–Crippen LogP) is 3.47. The molecule has 1 saturated heterocycles. The lowest BCUT2D eigenvalue weighted by Gasteiger charge is -2.33. The molecular weight excluding hydrogens is 434 g/mol. The molecule has 0 amide bonds. The fourth-order valence-corrected chi connectivity index (χ4v) is 5.02. The standard InChI is InChI=1S/C24H25N7O3/c1-13-7-17(8-14(2)33-13)31-22-21-19(6-5-18(27-21)15-9-25-29(3)11-15)34-23(22)20(28-24(31)32)16-10-26-30(4)12-16/h5-6,9-14,17H,7-8H2,1-4H3/t13-,14+,17+. The van der Waals surface area contributed by atoms with E-state index in [2.05, 4.69) is 15.2 Å². The van der Waals surface area contributed by atoms with Crippen LogP contribution >= 0.6 is 0 Å². The van der Waals surface area contributed by atoms with Crippen molar-refractivity contribution < 1.29 is 9.15 Å². The van der Waals surface area contributed by atoms with Gasteiger partial charge in [0.2, 0.25) is 0 Å². The summed E-state index contributed by atoms with van der Waals surface area (Å²) in [5.41, 5.74) is 4.94. The molecule has 0 aliphatic carbocycles. The first-order chi connectivity index (χ1) is 16.4. The Bertz CT molecular complexity index is 1580. The average molecular weight is 460 g/mol. The van der Waals surface area contributed by atoms with Crippen LogP contribution < -0.4 is 5.69 Å². The molecule has 1 aliphatic rings. The molecule has 10 heteroatoms. The quantitative estimate of drug-likeness (QED) is 0.407. The van der Waals surface area contributed by atoms with Gasteiger partial charge in [0.05, 0.1) is 30.3 Å². The molecule has 6 heterocycles. The number of hydrogen-bond acceptors (Lipinski definition) is 7. The van der Waals surface area contributed by atoms with E-state index in [9.17, 15) is 4.79 Å². The van der Waals surface area contributed by atoms with Crippen molar-refractivity contribution in [1.82, 2.24) is 34.1 Å². The third-order valence-electron chi connectivity index (χ3n) is 6.40. The Morgan fingerprint density at radius 1 is 0.941 bits per heavy atom. The van der Waals surface area contributed by atoms with Gasteiger partial charge in [0, 0.05) is 43.7 Å². The van der Waals surface area contributed by atoms with Gasteiger partial charge in [-0.15, -0.1) is 0 Å². The van der Waals surface area contributed by atoms with Gasteiger partial charge in [0.1, 0.15) is 16.7 Å². The van der Waals surface area contributed by atoms with Crippen molar-refractivity contribution in [1.29, 1.82) is 0 Å². The lowest BCUT2D eigenvalue weighted by molar-refractivity contribution is -0.0486. The van der Waals surface area contributed by atoms with Crippen LogP contribution in [0.4, 0.5) is 0 Å². The third-order valence-corrected chi connectivity index (χ3v) is 6.40. The van der Waals surface area contributed by atoms with Gasteiger partial charge >= 0.3 is 5.69 Å². The highest BCUT2D eigenvalue weighted by atomic mass is 16.5. The average Bonchev–Trinajstić information content (AvgIpc) is 3.50. The molecule has 3 atom stereocenters. The van der Waals surface area contributed by atoms with Crippen molar-refractivity contribution in [2.24, 2.45) is 14.1 Å². The number of rotatable bonds is 3. The van der Waals surface area contributed by atoms with Crippen molar-refractivity contribution in [2.75, 3.05) is 0 Å². The highest BCUT2D eigenvalue weighted by Crippen LogP contribution is 2.37. The second-order valence-electron chi connectivity index (χ2n) is 9.12. The van der Waals surface area contributed by atoms with Crippen LogP contribution in [-0.2, 0) is 18.8 Å². The molecule has 0 aromatic carbocycles. The minimum absolute atomic E-state index is 0.0331. The maximum absolute atomic E-state index is 13.5. The van der Waals surface area contributed by atoms with E-state index in [4.69, 9.17) is 14.1 Å². The molecule has 0 radical (unpaired) electrons. The molecule has 34 heavy (non-hydrogen) atoms. The molecule has 0 saturated carbocycles. The lowest BCUT2D eigenvalue weighted by Crippen LogP contribution is -2.36. The van der Waals surface area contributed by atoms with E-state index >= 15 is 0 Å². The first-order valence-corrected chi connectivity index (χ1v) is 11.4. The van der Waals surface area contributed by atoms with E-state index in [1.807, 2.05) is 52.5 Å². The molecule has 0 spiro atoms. The van der Waals surface area contributed by atoms with E-state index in [0.29, 0.717) is 40.7 Å². The summed E-state index contributed by atoms with van der Waals surface area (Å²) in [5.74, 6) is 0. The molecule has 0 unspecified atom stereocenters. The Morgan fingerprint density at radius 3 is 2.26 bits per heavy atom. The summed E-state index contributed by atoms with van der Waals surface area (Å²) in [7, 11) is 3.69. The van der Waals surface area contributed by atoms with E-state index in [-0.39, 0.29) is 23.9 Å². The summed E-state index contributed by atoms with van der Waals surface area (Å²) < 4.78 is 17.4. The molecule has 1 fully saturated rings. The minimum Gasteiger partial charge on any atom is -0.450 e. The van der Waals surface area contributed by atoms with Crippen molar-refractivity contribution in [3.63, 3.8) is 0 Å². The number of fused-ring (bicyclic) bond motifs is 3. The molecule has 174 valence electrons. The second kappa shape index (κ2) is 7.63. The SMILES string of the molecule is C[C@@H]1C[C@H](n2c(=O)nc(-c3cnn(C)c3)c3oc4ccc(-c5cnn(C)c5)nc4c32)C[C@H](C)O1. The molecule has 5 aromatic heterocycles. The van der Waals surface area contributed by atoms with Gasteiger partial charge in [-0.25, -0.2) is 9.78 Å². The molecule has 0 bridgehead atoms. The molecule has 0 N–H and O–H groups in total. The largest absolute Gasteiger partial charge is 0.450 e. The highest BCUT2D eigenvalue weighted by molar-refractivity contribution is 6.05. The molecular formula is C24H25N7O3. The van der Waals surface area contributed by atoms with E-state index in [1.54, 1.807) is 26.3 Å². The molecule has 1 aliphatic heterocycles. The van der Waals surface area contributed by atoms with Gasteiger partial charge < -0.3 is 9.15 Å². The van der Waals surface area contributed by atoms with Crippen molar-refractivity contribution in [2.45, 2.75) is 44.9 Å². The van der Waals surface area contributed by atoms with Crippen molar-refractivity contribution in [3.8, 4) is 22.5 Å². The molecule has 5 aromatic rings. The minimum atomic E-state index is -0.325. The maximum Gasteiger partial charge on any atom is 0.349 e. The molecule has 10 nitrogen and oxygen atoms in total. The predicted molar refractivity (Wildman–Crippen MR) is 126 cm³/mol. The van der Waals surface area contributed by atoms with Crippen LogP contribution in [0.15, 0.2) is 46.1 Å². The van der Waals surface area contributed by atoms with Gasteiger partial charge in [0.15, 0.2) is 11.2 Å². The molecule has 6 rings (SSSR count). The number of hydrogen-bond donors (Lipinski definition) is 0. The summed E-state index contributed by atoms with van der Waals surface area (Å²) in [6.45, 7) is 4.07. The van der Waals surface area contributed by atoms with E-state index in [1.165, 1.54) is 0 Å². The van der Waals surface area contributed by atoms with Crippen LogP contribution in [0.25, 0.3) is 44.7 Å². The fourth-order valence-electron chi connectivity index (χ4n) is 5.02. The van der Waals surface area contributed by atoms with Gasteiger partial charge in [0.25, 0.3) is 0 Å². The third kappa shape index (κ3) is 3.33. The maximum atomic E-state index is 13.5. The fraction of sp³-hybridized carbons (Fsp3) is 0.375. The van der Waals surface area contributed by atoms with Gasteiger partial charge in [-0.1, -0.05) is 0 Å². The zero-order chi connectivity index (χ0) is 23.6. The summed E-state index contributed by atoms with van der Waals surface area (Å²) in [6, 6.07) is 3.72. The number of aromatic nitrogens is 7. The smallest absolute Gasteiger partial charge is 0.349 e. The first kappa shape index (κ1) is 20.8. The van der Waals surface area contributed by atoms with Crippen LogP contribution in [0.5, 0.6) is 0 Å². The van der Waals surface area contributed by atoms with E-state index < -0.39 is 0 Å². The second-order valence-corrected chi connectivity index (χ2v) is 9.12. The first-order valence-electron chi connectivity index (χ1n) is 11.4. The van der Waals surface area contributed by atoms with E-state index in [0.717, 1.165) is 16.8 Å². The summed E-state index contributed by atoms with van der Waals surface area (Å²) in [4.78, 5) is 23.0. The summed E-state index contributed by atoms with van der Waals surface area (Å²) >= 11 is 0. The number of furan rings is 1. The Balaban J connectivity index is 1.67. The highest BCUT2D eigenvalue weighted by Gasteiger charge is 2.31. The van der Waals surface area contributed by atoms with Crippen molar-refractivity contribution in [3.05, 3.63) is 47.4 Å². The Hall–Kier alpha value is -3.79. The Kier molecular flexibility index (Phi) is 4.66. The van der Waals surface area contributed by atoms with Gasteiger partial charge in [-0.3, -0.25) is 13.9 Å². The summed E-state index contributed by atoms with van der Waals surface area (Å²) in [6.07, 6.45) is 8.68. The van der Waals surface area contributed by atoms with Crippen LogP contribution in [0.3, 0.4) is 0 Å². The normalized spacial score (nSPS) is 21.0. The Morgan fingerprint density at radius 2 is 1.62 bits per heavy atom. The van der Waals surface area contributed by atoms with Gasteiger partial charge in [-0.05, 0) is 38.8 Å². The zero-order valence-electron chi connectivity index (χ0n) is 19.5. The number of aryl methyl sites for hydroxylation is 2. The Labute approximate surface area is 194 Å². The van der Waals surface area contributed by atoms with Gasteiger partial charge in [-0.2, -0.15) is 15.2 Å². The number of nitrogens with zero attached hydrogens (tertiary/aromatic N) is 7. The van der Waals surface area contributed by atoms with Crippen LogP contribution in [0.2, 0.25) is 0 Å². The number of ether oxygens (including phenoxy) is 1. The zero-order valence-corrected chi connectivity index (χ0v) is 19.5. The monoisotopic (exact) mass is 459 g/mol. The number of pyridine rings is 1. The van der Waals surface area contributed by atoms with Crippen LogP contribution in [0.1, 0.15) is 32.7 Å². The van der Waals surface area contributed by atoms with Crippen molar-refractivity contribution >= 4 is 22.2 Å². The topological polar surface area (TPSA) is 106 Å². The van der Waals surface area contributed by atoms with Crippen LogP contribution in [0, 0.1) is 0 Å². The lowest BCUT2D eigenvalue weighted by atomic mass is 9.99.